The second-order valence-corrected chi connectivity index (χ2v) is 5.36. The number of aromatic nitrogens is 1. The van der Waals surface area contributed by atoms with Crippen LogP contribution in [0.4, 0.5) is 0 Å². The van der Waals surface area contributed by atoms with Crippen molar-refractivity contribution in [2.45, 2.75) is 51.9 Å². The number of hydrogen-bond donors (Lipinski definition) is 1. The van der Waals surface area contributed by atoms with Gasteiger partial charge in [0.15, 0.2) is 11.5 Å². The van der Waals surface area contributed by atoms with E-state index < -0.39 is 0 Å². The van der Waals surface area contributed by atoms with Gasteiger partial charge in [-0.1, -0.05) is 0 Å². The molecule has 1 heterocycles. The van der Waals surface area contributed by atoms with Crippen molar-refractivity contribution in [1.82, 2.24) is 4.98 Å². The summed E-state index contributed by atoms with van der Waals surface area (Å²) in [4.78, 5) is 4.14. The average molecular weight is 236 g/mol. The molecule has 0 aliphatic heterocycles. The molecule has 2 N–H and O–H groups in total. The van der Waals surface area contributed by atoms with Gasteiger partial charge in [-0.15, -0.1) is 0 Å². The lowest BCUT2D eigenvalue weighted by Crippen LogP contribution is -2.24. The molecule has 2 rings (SSSR count). The van der Waals surface area contributed by atoms with Gasteiger partial charge in [-0.05, 0) is 33.6 Å². The van der Waals surface area contributed by atoms with Crippen LogP contribution in [0, 0.1) is 0 Å². The Morgan fingerprint density at radius 2 is 2.06 bits per heavy atom. The van der Waals surface area contributed by atoms with Gasteiger partial charge in [0.05, 0.1) is 12.3 Å². The Hall–Kier alpha value is -1.29. The van der Waals surface area contributed by atoms with Crippen LogP contribution in [-0.2, 0) is 6.54 Å². The molecule has 0 atom stereocenters. The summed E-state index contributed by atoms with van der Waals surface area (Å²) in [5.74, 6) is 1.45. The van der Waals surface area contributed by atoms with Crippen LogP contribution < -0.4 is 15.2 Å². The van der Waals surface area contributed by atoms with Crippen LogP contribution in [0.2, 0.25) is 0 Å². The Labute approximate surface area is 102 Å². The van der Waals surface area contributed by atoms with Gasteiger partial charge >= 0.3 is 0 Å². The second kappa shape index (κ2) is 4.53. The Kier molecular flexibility index (Phi) is 3.24. The van der Waals surface area contributed by atoms with Crippen LogP contribution in [0.3, 0.4) is 0 Å². The lowest BCUT2D eigenvalue weighted by molar-refractivity contribution is 0.121. The Morgan fingerprint density at radius 1 is 1.35 bits per heavy atom. The van der Waals surface area contributed by atoms with Crippen LogP contribution in [0.15, 0.2) is 12.4 Å². The lowest BCUT2D eigenvalue weighted by atomic mass is 10.1. The largest absolute Gasteiger partial charge is 0.485 e. The summed E-state index contributed by atoms with van der Waals surface area (Å²) >= 11 is 0. The summed E-state index contributed by atoms with van der Waals surface area (Å²) < 4.78 is 11.7. The zero-order chi connectivity index (χ0) is 12.5. The summed E-state index contributed by atoms with van der Waals surface area (Å²) in [6, 6.07) is 0. The van der Waals surface area contributed by atoms with E-state index in [2.05, 4.69) is 4.98 Å². The molecule has 0 spiro atoms. The molecule has 4 nitrogen and oxygen atoms in total. The Balaban J connectivity index is 2.28. The van der Waals surface area contributed by atoms with E-state index in [0.717, 1.165) is 24.2 Å². The predicted molar refractivity (Wildman–Crippen MR) is 66.2 cm³/mol. The highest BCUT2D eigenvalue weighted by Gasteiger charge is 2.27. The quantitative estimate of drug-likeness (QED) is 0.871. The highest BCUT2D eigenvalue weighted by Crippen LogP contribution is 2.36. The third-order valence-corrected chi connectivity index (χ3v) is 2.38. The minimum absolute atomic E-state index is 0.271. The summed E-state index contributed by atoms with van der Waals surface area (Å²) in [6.45, 7) is 6.43. The van der Waals surface area contributed by atoms with Gasteiger partial charge < -0.3 is 15.2 Å². The van der Waals surface area contributed by atoms with Crippen molar-refractivity contribution < 1.29 is 9.47 Å². The van der Waals surface area contributed by atoms with Crippen LogP contribution in [0.5, 0.6) is 11.5 Å². The summed E-state index contributed by atoms with van der Waals surface area (Å²) in [5, 5.41) is 0. The molecule has 0 radical (unpaired) electrons. The first-order valence-electron chi connectivity index (χ1n) is 6.02. The molecule has 4 heteroatoms. The van der Waals surface area contributed by atoms with E-state index in [4.69, 9.17) is 15.2 Å². The zero-order valence-corrected chi connectivity index (χ0v) is 10.7. The number of rotatable bonds is 4. The van der Waals surface area contributed by atoms with Gasteiger partial charge in [-0.3, -0.25) is 4.98 Å². The normalized spacial score (nSPS) is 15.8. The predicted octanol–water partition coefficient (Wildman–Crippen LogP) is 2.26. The van der Waals surface area contributed by atoms with E-state index in [0.29, 0.717) is 18.4 Å². The maximum absolute atomic E-state index is 5.94. The molecule has 0 bridgehead atoms. The van der Waals surface area contributed by atoms with E-state index in [1.807, 2.05) is 20.8 Å². The maximum Gasteiger partial charge on any atom is 0.180 e. The SMILES string of the molecule is CC(C)(C)Oc1c(CN)cncc1OC1CC1. The standard InChI is InChI=1S/C13H20N2O2/c1-13(2,3)17-12-9(6-14)7-15-8-11(12)16-10-4-5-10/h7-8,10H,4-6,14H2,1-3H3. The third kappa shape index (κ3) is 3.33. The molecule has 0 saturated heterocycles. The molecule has 1 aliphatic rings. The van der Waals surface area contributed by atoms with Gasteiger partial charge in [-0.2, -0.15) is 0 Å². The van der Waals surface area contributed by atoms with Crippen molar-refractivity contribution in [3.05, 3.63) is 18.0 Å². The molecule has 0 aromatic carbocycles. The highest BCUT2D eigenvalue weighted by molar-refractivity contribution is 5.44. The molecule has 1 aromatic heterocycles. The van der Waals surface area contributed by atoms with Gasteiger partial charge in [0.1, 0.15) is 5.60 Å². The molecule has 1 aromatic rings. The average Bonchev–Trinajstić information content (AvgIpc) is 3.02. The van der Waals surface area contributed by atoms with E-state index in [9.17, 15) is 0 Å². The number of hydrogen-bond acceptors (Lipinski definition) is 4. The molecule has 1 saturated carbocycles. The van der Waals surface area contributed by atoms with E-state index in [1.54, 1.807) is 12.4 Å². The zero-order valence-electron chi connectivity index (χ0n) is 10.7. The first-order valence-corrected chi connectivity index (χ1v) is 6.02. The fourth-order valence-corrected chi connectivity index (χ4v) is 1.49. The van der Waals surface area contributed by atoms with Gasteiger partial charge in [0.25, 0.3) is 0 Å². The number of pyridine rings is 1. The van der Waals surface area contributed by atoms with Gasteiger partial charge in [0.2, 0.25) is 0 Å². The molecular formula is C13H20N2O2. The molecule has 94 valence electrons. The van der Waals surface area contributed by atoms with E-state index in [1.165, 1.54) is 0 Å². The van der Waals surface area contributed by atoms with Crippen LogP contribution >= 0.6 is 0 Å². The van der Waals surface area contributed by atoms with Crippen LogP contribution in [-0.4, -0.2) is 16.7 Å². The second-order valence-electron chi connectivity index (χ2n) is 5.36. The van der Waals surface area contributed by atoms with Crippen LogP contribution in [0.1, 0.15) is 39.2 Å². The van der Waals surface area contributed by atoms with E-state index >= 15 is 0 Å². The number of nitrogens with two attached hydrogens (primary N) is 1. The minimum Gasteiger partial charge on any atom is -0.485 e. The summed E-state index contributed by atoms with van der Waals surface area (Å²) in [6.07, 6.45) is 6.00. The monoisotopic (exact) mass is 236 g/mol. The summed E-state index contributed by atoms with van der Waals surface area (Å²) in [5.41, 5.74) is 6.33. The maximum atomic E-state index is 5.94. The van der Waals surface area contributed by atoms with Gasteiger partial charge in [0, 0.05) is 18.3 Å². The topological polar surface area (TPSA) is 57.4 Å². The molecule has 1 fully saturated rings. The van der Waals surface area contributed by atoms with Crippen molar-refractivity contribution in [2.75, 3.05) is 0 Å². The first-order chi connectivity index (χ1) is 7.99. The third-order valence-electron chi connectivity index (χ3n) is 2.38. The molecule has 17 heavy (non-hydrogen) atoms. The Morgan fingerprint density at radius 3 is 2.59 bits per heavy atom. The molecular weight excluding hydrogens is 216 g/mol. The van der Waals surface area contributed by atoms with Gasteiger partial charge in [-0.25, -0.2) is 0 Å². The highest BCUT2D eigenvalue weighted by atomic mass is 16.5. The van der Waals surface area contributed by atoms with E-state index in [-0.39, 0.29) is 5.60 Å². The smallest absolute Gasteiger partial charge is 0.180 e. The Bertz CT molecular complexity index is 395. The summed E-state index contributed by atoms with van der Waals surface area (Å²) in [7, 11) is 0. The molecule has 1 aliphatic carbocycles. The fraction of sp³-hybridized carbons (Fsp3) is 0.615. The van der Waals surface area contributed by atoms with Crippen molar-refractivity contribution in [2.24, 2.45) is 5.73 Å². The van der Waals surface area contributed by atoms with Crippen molar-refractivity contribution >= 4 is 0 Å². The molecule has 0 unspecified atom stereocenters. The number of nitrogens with zero attached hydrogens (tertiary/aromatic N) is 1. The fourth-order valence-electron chi connectivity index (χ4n) is 1.49. The number of ether oxygens (including phenoxy) is 2. The van der Waals surface area contributed by atoms with Crippen molar-refractivity contribution in [3.8, 4) is 11.5 Å². The van der Waals surface area contributed by atoms with Crippen molar-refractivity contribution in [1.29, 1.82) is 0 Å². The first kappa shape index (κ1) is 12.2. The van der Waals surface area contributed by atoms with Crippen molar-refractivity contribution in [3.63, 3.8) is 0 Å². The minimum atomic E-state index is -0.271. The van der Waals surface area contributed by atoms with Crippen LogP contribution in [0.25, 0.3) is 0 Å². The molecule has 0 amide bonds. The lowest BCUT2D eigenvalue weighted by Gasteiger charge is -2.24.